The summed E-state index contributed by atoms with van der Waals surface area (Å²) in [6.45, 7) is 18.7. The van der Waals surface area contributed by atoms with Crippen molar-refractivity contribution in [3.8, 4) is 0 Å². The average Bonchev–Trinajstić information content (AvgIpc) is 3.07. The lowest BCUT2D eigenvalue weighted by Gasteiger charge is -2.19. The van der Waals surface area contributed by atoms with Crippen LogP contribution in [0.2, 0.25) is 0 Å². The van der Waals surface area contributed by atoms with Crippen LogP contribution >= 0.6 is 0 Å². The second-order valence-corrected chi connectivity index (χ2v) is 14.4. The molecular weight excluding hydrogens is 608 g/mol. The molecule has 0 heterocycles. The topological polar surface area (TPSA) is 76.7 Å². The minimum absolute atomic E-state index is 0.0322. The molecule has 1 atom stereocenters. The summed E-state index contributed by atoms with van der Waals surface area (Å²) >= 11 is 0. The molecule has 0 aromatic carbocycles. The van der Waals surface area contributed by atoms with Crippen molar-refractivity contribution in [1.82, 2.24) is 10.6 Å². The van der Waals surface area contributed by atoms with Crippen molar-refractivity contribution in [2.24, 2.45) is 0 Å². The van der Waals surface area contributed by atoms with E-state index in [-0.39, 0.29) is 17.7 Å². The second kappa shape index (κ2) is 37.3. The molecule has 0 rings (SSSR count). The van der Waals surface area contributed by atoms with Gasteiger partial charge in [-0.15, -0.1) is 6.58 Å². The lowest BCUT2D eigenvalue weighted by atomic mass is 10.0. The number of carbonyl (C=O) groups is 2. The van der Waals surface area contributed by atoms with Gasteiger partial charge in [-0.2, -0.15) is 0 Å². The van der Waals surface area contributed by atoms with Gasteiger partial charge < -0.3 is 20.1 Å². The maximum Gasteiger partial charge on any atom is 0.220 e. The van der Waals surface area contributed by atoms with E-state index in [2.05, 4.69) is 30.4 Å². The van der Waals surface area contributed by atoms with Gasteiger partial charge >= 0.3 is 0 Å². The molecule has 0 aliphatic rings. The number of amides is 1. The molecule has 2 N–H and O–H groups in total. The van der Waals surface area contributed by atoms with Gasteiger partial charge in [0.25, 0.3) is 0 Å². The molecule has 0 aliphatic heterocycles. The van der Waals surface area contributed by atoms with Crippen molar-refractivity contribution in [3.63, 3.8) is 0 Å². The lowest BCUT2D eigenvalue weighted by Crippen LogP contribution is -2.36. The Morgan fingerprint density at radius 1 is 0.592 bits per heavy atom. The first kappa shape index (κ1) is 47.1. The molecular formula is C43H80N2O4. The number of unbranched alkanes of at least 4 members (excludes halogenated alkanes) is 22. The van der Waals surface area contributed by atoms with Crippen LogP contribution < -0.4 is 10.6 Å². The molecule has 0 spiro atoms. The number of rotatable bonds is 40. The summed E-state index contributed by atoms with van der Waals surface area (Å²) in [6.07, 6.45) is 34.6. The van der Waals surface area contributed by atoms with E-state index in [0.717, 1.165) is 50.0 Å². The highest BCUT2D eigenvalue weighted by molar-refractivity contribution is 5.83. The van der Waals surface area contributed by atoms with Crippen molar-refractivity contribution < 1.29 is 19.1 Å². The molecule has 49 heavy (non-hydrogen) atoms. The highest BCUT2D eigenvalue weighted by Crippen LogP contribution is 2.15. The Labute approximate surface area is 304 Å². The maximum atomic E-state index is 12.4. The number of nitrogens with one attached hydrogen (secondary N) is 2. The van der Waals surface area contributed by atoms with Crippen molar-refractivity contribution in [1.29, 1.82) is 0 Å². The number of carbonyl (C=O) groups excluding carboxylic acids is 2. The van der Waals surface area contributed by atoms with Gasteiger partial charge in [0, 0.05) is 25.3 Å². The zero-order valence-electron chi connectivity index (χ0n) is 32.5. The Hall–Kier alpha value is -1.92. The molecule has 0 radical (unpaired) electrons. The van der Waals surface area contributed by atoms with E-state index in [1.165, 1.54) is 128 Å². The Balaban J connectivity index is 3.59. The van der Waals surface area contributed by atoms with Crippen LogP contribution in [-0.2, 0) is 19.1 Å². The summed E-state index contributed by atoms with van der Waals surface area (Å²) < 4.78 is 11.0. The van der Waals surface area contributed by atoms with E-state index in [9.17, 15) is 9.59 Å². The van der Waals surface area contributed by atoms with E-state index >= 15 is 0 Å². The first-order chi connectivity index (χ1) is 23.9. The quantitative estimate of drug-likeness (QED) is 0.0495. The van der Waals surface area contributed by atoms with E-state index in [1.807, 2.05) is 13.0 Å². The summed E-state index contributed by atoms with van der Waals surface area (Å²) in [5.74, 6) is 0.104. The zero-order chi connectivity index (χ0) is 36.0. The monoisotopic (exact) mass is 689 g/mol. The van der Waals surface area contributed by atoms with Gasteiger partial charge in [-0.05, 0) is 58.8 Å². The van der Waals surface area contributed by atoms with E-state index in [4.69, 9.17) is 9.47 Å². The molecule has 0 saturated heterocycles. The Morgan fingerprint density at radius 2 is 1.06 bits per heavy atom. The molecule has 0 bridgehead atoms. The molecule has 0 aliphatic carbocycles. The predicted octanol–water partition coefficient (Wildman–Crippen LogP) is 11.5. The molecule has 6 nitrogen and oxygen atoms in total. The Morgan fingerprint density at radius 3 is 1.57 bits per heavy atom. The predicted molar refractivity (Wildman–Crippen MR) is 211 cm³/mol. The van der Waals surface area contributed by atoms with Crippen LogP contribution in [0.4, 0.5) is 0 Å². The first-order valence-electron chi connectivity index (χ1n) is 20.5. The third kappa shape index (κ3) is 37.2. The lowest BCUT2D eigenvalue weighted by molar-refractivity contribution is -0.122. The summed E-state index contributed by atoms with van der Waals surface area (Å²) in [4.78, 5) is 24.6. The standard InChI is InChI=1S/C43H80N2O4/c1-6-7-8-9-10-11-12-13-14-15-16-17-18-19-20-22-25-28-31-40(4)45-42(41(5)46)32-33-43(47)44-34-29-26-23-21-24-27-30-35-48-36-37-49-38-39(2)3/h6,42,45H,1-2,4,7-38H2,3,5H3,(H,44,47). The normalized spacial score (nSPS) is 11.7. The largest absolute Gasteiger partial charge is 0.379 e. The van der Waals surface area contributed by atoms with Crippen molar-refractivity contribution in [2.45, 2.75) is 193 Å². The number of hydrogen-bond acceptors (Lipinski definition) is 5. The number of hydrogen-bond donors (Lipinski definition) is 2. The Kier molecular flexibility index (Phi) is 35.9. The number of Topliss-reactive ketones (excluding diaryl/α,β-unsaturated/α-hetero) is 1. The maximum absolute atomic E-state index is 12.4. The van der Waals surface area contributed by atoms with Gasteiger partial charge in [0.05, 0.1) is 25.9 Å². The zero-order valence-corrected chi connectivity index (χ0v) is 32.5. The van der Waals surface area contributed by atoms with Crippen molar-refractivity contribution in [2.75, 3.05) is 33.0 Å². The SMILES string of the molecule is C=CCCCCCCCCCCCCCCCCCCC(=C)NC(CCC(=O)NCCCCCCCCCOCCOCC(=C)C)C(C)=O. The highest BCUT2D eigenvalue weighted by atomic mass is 16.5. The molecule has 0 aromatic heterocycles. The van der Waals surface area contributed by atoms with Gasteiger partial charge in [0.15, 0.2) is 5.78 Å². The van der Waals surface area contributed by atoms with E-state index in [0.29, 0.717) is 39.2 Å². The first-order valence-corrected chi connectivity index (χ1v) is 20.5. The van der Waals surface area contributed by atoms with Crippen LogP contribution in [-0.4, -0.2) is 50.7 Å². The fraction of sp³-hybridized carbons (Fsp3) is 0.814. The third-order valence-corrected chi connectivity index (χ3v) is 9.17. The van der Waals surface area contributed by atoms with Crippen LogP contribution in [0.15, 0.2) is 37.1 Å². The van der Waals surface area contributed by atoms with Gasteiger partial charge in [0.2, 0.25) is 5.91 Å². The smallest absolute Gasteiger partial charge is 0.220 e. The van der Waals surface area contributed by atoms with Crippen molar-refractivity contribution >= 4 is 11.7 Å². The minimum Gasteiger partial charge on any atom is -0.379 e. The summed E-state index contributed by atoms with van der Waals surface area (Å²) in [6, 6.07) is -0.328. The third-order valence-electron chi connectivity index (χ3n) is 9.17. The number of ketones is 1. The van der Waals surface area contributed by atoms with Gasteiger partial charge in [-0.1, -0.05) is 147 Å². The molecule has 286 valence electrons. The molecule has 0 fully saturated rings. The molecule has 1 amide bonds. The fourth-order valence-electron chi connectivity index (χ4n) is 6.07. The fourth-order valence-corrected chi connectivity index (χ4v) is 6.07. The summed E-state index contributed by atoms with van der Waals surface area (Å²) in [7, 11) is 0. The van der Waals surface area contributed by atoms with Crippen LogP contribution in [0.5, 0.6) is 0 Å². The average molecular weight is 689 g/mol. The molecule has 6 heteroatoms. The molecule has 0 aromatic rings. The summed E-state index contributed by atoms with van der Waals surface area (Å²) in [5, 5.41) is 6.34. The minimum atomic E-state index is -0.328. The second-order valence-electron chi connectivity index (χ2n) is 14.4. The van der Waals surface area contributed by atoms with Crippen LogP contribution in [0.3, 0.4) is 0 Å². The Bertz CT molecular complexity index is 812. The van der Waals surface area contributed by atoms with Gasteiger partial charge in [-0.3, -0.25) is 9.59 Å². The highest BCUT2D eigenvalue weighted by Gasteiger charge is 2.16. The van der Waals surface area contributed by atoms with Crippen LogP contribution in [0.1, 0.15) is 187 Å². The summed E-state index contributed by atoms with van der Waals surface area (Å²) in [5.41, 5.74) is 1.96. The number of allylic oxidation sites excluding steroid dienone is 2. The molecule has 1 unspecified atom stereocenters. The molecule has 0 saturated carbocycles. The van der Waals surface area contributed by atoms with Crippen molar-refractivity contribution in [3.05, 3.63) is 37.1 Å². The van der Waals surface area contributed by atoms with Crippen LogP contribution in [0.25, 0.3) is 0 Å². The van der Waals surface area contributed by atoms with Gasteiger partial charge in [-0.25, -0.2) is 0 Å². The van der Waals surface area contributed by atoms with E-state index in [1.54, 1.807) is 6.92 Å². The number of ether oxygens (including phenoxy) is 2. The van der Waals surface area contributed by atoms with Crippen LogP contribution in [0, 0.1) is 0 Å². The van der Waals surface area contributed by atoms with E-state index < -0.39 is 0 Å². The van der Waals surface area contributed by atoms with Gasteiger partial charge in [0.1, 0.15) is 0 Å².